The highest BCUT2D eigenvalue weighted by Crippen LogP contribution is 2.15. The maximum Gasteiger partial charge on any atom is -0.0533 e. The minimum absolute atomic E-state index is 0. The van der Waals surface area contributed by atoms with Gasteiger partial charge in [0.25, 0.3) is 0 Å². The van der Waals surface area contributed by atoms with E-state index in [-0.39, 0.29) is 7.43 Å². The third kappa shape index (κ3) is 83.1. The summed E-state index contributed by atoms with van der Waals surface area (Å²) in [5, 5.41) is 0. The van der Waals surface area contributed by atoms with Gasteiger partial charge in [-0.1, -0.05) is 163 Å². The zero-order valence-corrected chi connectivity index (χ0v) is 18.5. The zero-order chi connectivity index (χ0) is 19.3. The van der Waals surface area contributed by atoms with Gasteiger partial charge in [-0.2, -0.15) is 0 Å². The monoisotopic (exact) mass is 354 g/mol. The maximum atomic E-state index is 2.12. The molecule has 1 fully saturated rings. The molecule has 1 aromatic carbocycles. The third-order valence-electron chi connectivity index (χ3n) is 2.17. The van der Waals surface area contributed by atoms with Gasteiger partial charge >= 0.3 is 0 Å². The molecule has 0 radical (unpaired) electrons. The SMILES string of the molecule is C.C1CCCCC1.CCC.CCC.CCC.CCC.c1ccccc1. The minimum atomic E-state index is 0. The van der Waals surface area contributed by atoms with Crippen LogP contribution in [0.1, 0.15) is 127 Å². The molecule has 1 aromatic rings. The molecule has 0 aromatic heterocycles. The van der Waals surface area contributed by atoms with E-state index in [0.29, 0.717) is 0 Å². The van der Waals surface area contributed by atoms with Crippen molar-refractivity contribution in [3.05, 3.63) is 36.4 Å². The van der Waals surface area contributed by atoms with Crippen molar-refractivity contribution < 1.29 is 0 Å². The molecule has 1 aliphatic carbocycles. The van der Waals surface area contributed by atoms with Crippen molar-refractivity contribution in [1.82, 2.24) is 0 Å². The number of hydrogen-bond donors (Lipinski definition) is 0. The first-order chi connectivity index (χ1) is 11.7. The van der Waals surface area contributed by atoms with Crippen LogP contribution in [0, 0.1) is 0 Å². The van der Waals surface area contributed by atoms with Crippen LogP contribution in [0.4, 0.5) is 0 Å². The Hall–Kier alpha value is -0.780. The Kier molecular flexibility index (Phi) is 70.0. The van der Waals surface area contributed by atoms with E-state index in [4.69, 9.17) is 0 Å². The van der Waals surface area contributed by atoms with Crippen LogP contribution < -0.4 is 0 Å². The molecular weight excluding hydrogens is 300 g/mol. The summed E-state index contributed by atoms with van der Waals surface area (Å²) in [7, 11) is 0. The van der Waals surface area contributed by atoms with Gasteiger partial charge in [0.1, 0.15) is 0 Å². The number of hydrogen-bond acceptors (Lipinski definition) is 0. The molecule has 0 heteroatoms. The third-order valence-corrected chi connectivity index (χ3v) is 2.17. The smallest absolute Gasteiger partial charge is 0.0533 e. The molecule has 0 bridgehead atoms. The lowest BCUT2D eigenvalue weighted by atomic mass is 10.0. The second-order valence-corrected chi connectivity index (χ2v) is 6.10. The molecule has 1 saturated carbocycles. The Bertz CT molecular complexity index is 165. The highest BCUT2D eigenvalue weighted by Gasteiger charge is 1.95. The van der Waals surface area contributed by atoms with E-state index in [1.807, 2.05) is 36.4 Å². The highest BCUT2D eigenvalue weighted by molar-refractivity contribution is 4.99. The first kappa shape index (κ1) is 35.4. The minimum Gasteiger partial charge on any atom is -0.0776 e. The van der Waals surface area contributed by atoms with E-state index in [0.717, 1.165) is 0 Å². The lowest BCUT2D eigenvalue weighted by molar-refractivity contribution is 0.504. The summed E-state index contributed by atoms with van der Waals surface area (Å²) in [5.74, 6) is 0. The molecule has 25 heavy (non-hydrogen) atoms. The van der Waals surface area contributed by atoms with Crippen molar-refractivity contribution in [2.45, 2.75) is 127 Å². The van der Waals surface area contributed by atoms with E-state index in [1.54, 1.807) is 0 Å². The Morgan fingerprint density at radius 1 is 0.360 bits per heavy atom. The zero-order valence-electron chi connectivity index (χ0n) is 18.5. The molecule has 0 nitrogen and oxygen atoms in total. The van der Waals surface area contributed by atoms with Crippen LogP contribution in [-0.2, 0) is 0 Å². The molecule has 0 N–H and O–H groups in total. The van der Waals surface area contributed by atoms with Gasteiger partial charge in [0.05, 0.1) is 0 Å². The quantitative estimate of drug-likeness (QED) is 0.434. The van der Waals surface area contributed by atoms with E-state index in [9.17, 15) is 0 Å². The lowest BCUT2D eigenvalue weighted by Crippen LogP contribution is -1.85. The summed E-state index contributed by atoms with van der Waals surface area (Å²) < 4.78 is 0. The van der Waals surface area contributed by atoms with Gasteiger partial charge in [0.2, 0.25) is 0 Å². The molecule has 2 rings (SSSR count). The Morgan fingerprint density at radius 3 is 0.520 bits per heavy atom. The Labute approximate surface area is 163 Å². The molecule has 0 heterocycles. The van der Waals surface area contributed by atoms with Crippen LogP contribution in [0.25, 0.3) is 0 Å². The lowest BCUT2D eigenvalue weighted by Gasteiger charge is -2.05. The molecule has 0 amide bonds. The van der Waals surface area contributed by atoms with Crippen LogP contribution in [0.3, 0.4) is 0 Å². The van der Waals surface area contributed by atoms with Crippen molar-refractivity contribution in [2.75, 3.05) is 0 Å². The summed E-state index contributed by atoms with van der Waals surface area (Å²) in [6.07, 6.45) is 14.0. The van der Waals surface area contributed by atoms with Crippen molar-refractivity contribution in [1.29, 1.82) is 0 Å². The van der Waals surface area contributed by atoms with Crippen LogP contribution in [0.15, 0.2) is 36.4 Å². The molecule has 0 atom stereocenters. The molecule has 154 valence electrons. The first-order valence-electron chi connectivity index (χ1n) is 10.7. The predicted molar refractivity (Wildman–Crippen MR) is 125 cm³/mol. The predicted octanol–water partition coefficient (Wildman–Crippen LogP) is 10.3. The summed E-state index contributed by atoms with van der Waals surface area (Å²) in [5.41, 5.74) is 0. The summed E-state index contributed by atoms with van der Waals surface area (Å²) in [6, 6.07) is 12.0. The molecule has 0 aliphatic heterocycles. The topological polar surface area (TPSA) is 0 Å². The van der Waals surface area contributed by atoms with Gasteiger partial charge in [-0.25, -0.2) is 0 Å². The summed E-state index contributed by atoms with van der Waals surface area (Å²) >= 11 is 0. The summed E-state index contributed by atoms with van der Waals surface area (Å²) in [6.45, 7) is 17.0. The van der Waals surface area contributed by atoms with Gasteiger partial charge in [0.15, 0.2) is 0 Å². The second-order valence-electron chi connectivity index (χ2n) is 6.10. The number of benzene rings is 1. The fourth-order valence-electron chi connectivity index (χ4n) is 1.45. The fraction of sp³-hybridized carbons (Fsp3) is 0.760. The fourth-order valence-corrected chi connectivity index (χ4v) is 1.45. The van der Waals surface area contributed by atoms with Crippen LogP contribution >= 0.6 is 0 Å². The highest BCUT2D eigenvalue weighted by atomic mass is 14.0. The van der Waals surface area contributed by atoms with Crippen molar-refractivity contribution >= 4 is 0 Å². The van der Waals surface area contributed by atoms with Crippen LogP contribution in [0.2, 0.25) is 0 Å². The normalized spacial score (nSPS) is 10.6. The Morgan fingerprint density at radius 2 is 0.440 bits per heavy atom. The maximum absolute atomic E-state index is 2.12. The van der Waals surface area contributed by atoms with Gasteiger partial charge in [-0.15, -0.1) is 0 Å². The molecule has 0 saturated heterocycles. The van der Waals surface area contributed by atoms with Gasteiger partial charge < -0.3 is 0 Å². The molecule has 0 unspecified atom stereocenters. The second kappa shape index (κ2) is 49.5. The van der Waals surface area contributed by atoms with E-state index >= 15 is 0 Å². The van der Waals surface area contributed by atoms with Crippen molar-refractivity contribution in [3.63, 3.8) is 0 Å². The molecular formula is C25H54. The number of rotatable bonds is 0. The van der Waals surface area contributed by atoms with E-state index in [1.165, 1.54) is 64.2 Å². The standard InChI is InChI=1S/C6H12.C6H6.4C3H8.CH4/c2*1-2-4-6-5-3-1;4*1-3-2;/h1-6H2;1-6H;4*3H2,1-2H3;1H4. The van der Waals surface area contributed by atoms with Crippen LogP contribution in [-0.4, -0.2) is 0 Å². The van der Waals surface area contributed by atoms with Crippen molar-refractivity contribution in [3.8, 4) is 0 Å². The van der Waals surface area contributed by atoms with Gasteiger partial charge in [-0.05, 0) is 0 Å². The van der Waals surface area contributed by atoms with Crippen molar-refractivity contribution in [2.24, 2.45) is 0 Å². The Balaban J connectivity index is -0.0000000663. The molecule has 1 aliphatic rings. The van der Waals surface area contributed by atoms with E-state index < -0.39 is 0 Å². The van der Waals surface area contributed by atoms with Crippen LogP contribution in [0.5, 0.6) is 0 Å². The molecule has 0 spiro atoms. The van der Waals surface area contributed by atoms with E-state index in [2.05, 4.69) is 55.4 Å². The first-order valence-corrected chi connectivity index (χ1v) is 10.7. The average Bonchev–Trinajstić information content (AvgIpc) is 2.61. The largest absolute Gasteiger partial charge is 0.0776 e. The van der Waals surface area contributed by atoms with Gasteiger partial charge in [-0.3, -0.25) is 0 Å². The van der Waals surface area contributed by atoms with Gasteiger partial charge in [0, 0.05) is 0 Å². The average molecular weight is 355 g/mol. The summed E-state index contributed by atoms with van der Waals surface area (Å²) in [4.78, 5) is 0.